The number of aryl methyl sites for hydroxylation is 1. The number of ether oxygens (including phenoxy) is 1. The first kappa shape index (κ1) is 26.0. The molecule has 0 aliphatic carbocycles. The molecule has 1 saturated heterocycles. The monoisotopic (exact) mass is 527 g/mol. The standard InChI is InChI=1S/C24H26FN7O4S/c1-14-18(23(33)30-37(3,4)35)12-32-21(14)22(27-13-28-32)29-19-8-7-16(25)10-20(19)36-15(2)24(34)31-9-5-6-17(31)11-26/h7-8,10,12-13,15,17H,5-6,9H2,1-4H3,(H,27,28,29)/t15-,17-/m1/s1. The van der Waals surface area contributed by atoms with Crippen LogP contribution in [0.2, 0.25) is 0 Å². The Hall–Kier alpha value is -4.05. The van der Waals surface area contributed by atoms with Gasteiger partial charge in [-0.25, -0.2) is 18.1 Å². The van der Waals surface area contributed by atoms with Crippen molar-refractivity contribution in [2.75, 3.05) is 24.4 Å². The summed E-state index contributed by atoms with van der Waals surface area (Å²) in [6.07, 6.45) is 5.85. The van der Waals surface area contributed by atoms with Crippen LogP contribution in [-0.2, 0) is 14.5 Å². The van der Waals surface area contributed by atoms with E-state index in [9.17, 15) is 23.5 Å². The van der Waals surface area contributed by atoms with Crippen molar-refractivity contribution in [3.05, 3.63) is 47.7 Å². The molecule has 0 radical (unpaired) electrons. The van der Waals surface area contributed by atoms with Crippen LogP contribution in [0.25, 0.3) is 5.52 Å². The lowest BCUT2D eigenvalue weighted by Gasteiger charge is -2.24. The lowest BCUT2D eigenvalue weighted by atomic mass is 10.2. The molecule has 1 N–H and O–H groups in total. The number of nitrogens with one attached hydrogen (secondary N) is 1. The summed E-state index contributed by atoms with van der Waals surface area (Å²) in [4.78, 5) is 31.3. The highest BCUT2D eigenvalue weighted by Crippen LogP contribution is 2.32. The molecule has 0 saturated carbocycles. The number of hydrogen-bond donors (Lipinski definition) is 1. The van der Waals surface area contributed by atoms with Crippen molar-refractivity contribution in [1.29, 1.82) is 5.26 Å². The predicted octanol–water partition coefficient (Wildman–Crippen LogP) is 3.07. The number of fused-ring (bicyclic) bond motifs is 1. The van der Waals surface area contributed by atoms with Gasteiger partial charge in [0, 0.05) is 41.0 Å². The second kappa shape index (κ2) is 10.1. The molecule has 1 aromatic carbocycles. The second-order valence-electron chi connectivity index (χ2n) is 8.99. The van der Waals surface area contributed by atoms with Crippen LogP contribution < -0.4 is 10.1 Å². The van der Waals surface area contributed by atoms with Gasteiger partial charge in [-0.15, -0.1) is 0 Å². The maximum atomic E-state index is 14.2. The van der Waals surface area contributed by atoms with E-state index >= 15 is 0 Å². The Morgan fingerprint density at radius 1 is 1.38 bits per heavy atom. The van der Waals surface area contributed by atoms with E-state index in [1.165, 1.54) is 46.6 Å². The van der Waals surface area contributed by atoms with Crippen molar-refractivity contribution < 1.29 is 22.9 Å². The lowest BCUT2D eigenvalue weighted by Crippen LogP contribution is -2.42. The molecule has 13 heteroatoms. The summed E-state index contributed by atoms with van der Waals surface area (Å²) in [6, 6.07) is 5.43. The number of carbonyl (C=O) groups is 2. The first-order valence-electron chi connectivity index (χ1n) is 11.5. The smallest absolute Gasteiger partial charge is 0.286 e. The quantitative estimate of drug-likeness (QED) is 0.515. The van der Waals surface area contributed by atoms with Gasteiger partial charge in [0.25, 0.3) is 11.8 Å². The van der Waals surface area contributed by atoms with Crippen molar-refractivity contribution in [1.82, 2.24) is 19.5 Å². The number of hydrogen-bond acceptors (Lipinski definition) is 8. The average Bonchev–Trinajstić information content (AvgIpc) is 3.44. The Morgan fingerprint density at radius 2 is 2.14 bits per heavy atom. The van der Waals surface area contributed by atoms with Gasteiger partial charge in [0.05, 0.1) is 17.3 Å². The zero-order valence-corrected chi connectivity index (χ0v) is 21.6. The fourth-order valence-corrected chi connectivity index (χ4v) is 4.68. The van der Waals surface area contributed by atoms with Gasteiger partial charge in [0.15, 0.2) is 11.9 Å². The third kappa shape index (κ3) is 5.54. The van der Waals surface area contributed by atoms with Crippen LogP contribution in [0.1, 0.15) is 35.7 Å². The predicted molar refractivity (Wildman–Crippen MR) is 135 cm³/mol. The molecule has 0 bridgehead atoms. The third-order valence-electron chi connectivity index (χ3n) is 5.89. The van der Waals surface area contributed by atoms with Crippen LogP contribution in [0.3, 0.4) is 0 Å². The van der Waals surface area contributed by atoms with E-state index in [1.54, 1.807) is 13.8 Å². The molecule has 2 amide bonds. The van der Waals surface area contributed by atoms with Crippen molar-refractivity contribution in [3.8, 4) is 11.8 Å². The Labute approximate surface area is 213 Å². The SMILES string of the molecule is Cc1c(C(=O)N=S(C)(C)=O)cn2ncnc(Nc3ccc(F)cc3O[C@H](C)C(=O)N3CCC[C@@H]3C#N)c12. The van der Waals surface area contributed by atoms with Crippen molar-refractivity contribution in [2.45, 2.75) is 38.8 Å². The summed E-state index contributed by atoms with van der Waals surface area (Å²) in [7, 11) is -2.66. The number of benzene rings is 1. The molecular formula is C24H26FN7O4S. The summed E-state index contributed by atoms with van der Waals surface area (Å²) in [5.41, 5.74) is 1.49. The van der Waals surface area contributed by atoms with Crippen LogP contribution in [-0.4, -0.2) is 66.7 Å². The number of amides is 2. The number of halogens is 1. The van der Waals surface area contributed by atoms with Crippen molar-refractivity contribution in [3.63, 3.8) is 0 Å². The van der Waals surface area contributed by atoms with Crippen LogP contribution in [0.15, 0.2) is 35.1 Å². The number of nitriles is 1. The molecule has 1 aliphatic heterocycles. The first-order valence-corrected chi connectivity index (χ1v) is 13.8. The molecule has 3 aromatic rings. The minimum absolute atomic E-state index is 0.0672. The second-order valence-corrected chi connectivity index (χ2v) is 11.5. The summed E-state index contributed by atoms with van der Waals surface area (Å²) >= 11 is 0. The minimum Gasteiger partial charge on any atom is -0.479 e. The van der Waals surface area contributed by atoms with Crippen LogP contribution in [0.5, 0.6) is 5.75 Å². The molecule has 2 aromatic heterocycles. The first-order chi connectivity index (χ1) is 17.5. The molecule has 1 fully saturated rings. The maximum Gasteiger partial charge on any atom is 0.286 e. The van der Waals surface area contributed by atoms with E-state index < -0.39 is 33.6 Å². The summed E-state index contributed by atoms with van der Waals surface area (Å²) in [5.74, 6) is -1.21. The van der Waals surface area contributed by atoms with Crippen molar-refractivity contribution in [2.24, 2.45) is 4.36 Å². The highest BCUT2D eigenvalue weighted by Gasteiger charge is 2.32. The van der Waals surface area contributed by atoms with Gasteiger partial charge in [-0.2, -0.15) is 14.7 Å². The van der Waals surface area contributed by atoms with Crippen LogP contribution in [0.4, 0.5) is 15.9 Å². The molecule has 37 heavy (non-hydrogen) atoms. The van der Waals surface area contributed by atoms with E-state index in [4.69, 9.17) is 4.74 Å². The summed E-state index contributed by atoms with van der Waals surface area (Å²) in [6.45, 7) is 3.69. The zero-order valence-electron chi connectivity index (χ0n) is 20.8. The summed E-state index contributed by atoms with van der Waals surface area (Å²) in [5, 5.41) is 16.5. The van der Waals surface area contributed by atoms with E-state index in [2.05, 4.69) is 25.8 Å². The van der Waals surface area contributed by atoms with Gasteiger partial charge in [-0.3, -0.25) is 9.59 Å². The molecule has 3 heterocycles. The van der Waals surface area contributed by atoms with Gasteiger partial charge in [-0.05, 0) is 44.4 Å². The van der Waals surface area contributed by atoms with Gasteiger partial charge < -0.3 is 15.0 Å². The minimum atomic E-state index is -2.66. The largest absolute Gasteiger partial charge is 0.479 e. The number of carbonyl (C=O) groups excluding carboxylic acids is 2. The Bertz CT molecular complexity index is 1550. The Balaban J connectivity index is 1.66. The highest BCUT2D eigenvalue weighted by molar-refractivity contribution is 7.92. The fourth-order valence-electron chi connectivity index (χ4n) is 4.18. The van der Waals surface area contributed by atoms with Crippen molar-refractivity contribution >= 4 is 38.6 Å². The van der Waals surface area contributed by atoms with E-state index in [0.717, 1.165) is 12.5 Å². The summed E-state index contributed by atoms with van der Waals surface area (Å²) < 4.78 is 37.2. The average molecular weight is 528 g/mol. The Kier molecular flexibility index (Phi) is 7.13. The van der Waals surface area contributed by atoms with Gasteiger partial charge in [0.1, 0.15) is 29.5 Å². The molecule has 11 nitrogen and oxygen atoms in total. The molecule has 0 spiro atoms. The van der Waals surface area contributed by atoms with Crippen LogP contribution in [0, 0.1) is 24.1 Å². The number of nitrogens with zero attached hydrogens (tertiary/aromatic N) is 6. The number of anilines is 2. The fraction of sp³-hybridized carbons (Fsp3) is 0.375. The highest BCUT2D eigenvalue weighted by atomic mass is 32.2. The van der Waals surface area contributed by atoms with E-state index in [0.29, 0.717) is 35.6 Å². The van der Waals surface area contributed by atoms with E-state index in [-0.39, 0.29) is 17.2 Å². The normalized spacial score (nSPS) is 16.3. The molecule has 1 aliphatic rings. The third-order valence-corrected chi connectivity index (χ3v) is 6.50. The molecule has 0 unspecified atom stereocenters. The van der Waals surface area contributed by atoms with Crippen LogP contribution >= 0.6 is 0 Å². The molecule has 2 atom stereocenters. The lowest BCUT2D eigenvalue weighted by molar-refractivity contribution is -0.137. The molecule has 194 valence electrons. The topological polar surface area (TPSA) is 142 Å². The van der Waals surface area contributed by atoms with Gasteiger partial charge in [-0.1, -0.05) is 0 Å². The molecule has 4 rings (SSSR count). The van der Waals surface area contributed by atoms with Gasteiger partial charge >= 0.3 is 0 Å². The van der Waals surface area contributed by atoms with Gasteiger partial charge in [0.2, 0.25) is 0 Å². The Morgan fingerprint density at radius 3 is 2.84 bits per heavy atom. The number of aromatic nitrogens is 3. The van der Waals surface area contributed by atoms with E-state index in [1.807, 2.05) is 0 Å². The maximum absolute atomic E-state index is 14.2. The number of rotatable bonds is 6. The number of likely N-dealkylation sites (tertiary alicyclic amines) is 1. The molecular weight excluding hydrogens is 501 g/mol. The zero-order chi connectivity index (χ0) is 26.9.